The Kier molecular flexibility index (Phi) is 5.73. The molecule has 2 fully saturated rings. The van der Waals surface area contributed by atoms with Crippen LogP contribution in [0.3, 0.4) is 0 Å². The molecule has 4 atom stereocenters. The molecule has 2 aromatic carbocycles. The third-order valence-electron chi connectivity index (χ3n) is 7.50. The summed E-state index contributed by atoms with van der Waals surface area (Å²) in [5.41, 5.74) is 2.30. The van der Waals surface area contributed by atoms with Crippen molar-refractivity contribution in [2.45, 2.75) is 45.7 Å². The van der Waals surface area contributed by atoms with Gasteiger partial charge in [-0.25, -0.2) is 0 Å². The summed E-state index contributed by atoms with van der Waals surface area (Å²) in [4.78, 5) is 0. The largest absolute Gasteiger partial charge is 0.357 e. The molecule has 4 N–H and O–H groups in total. The normalized spacial score (nSPS) is 28.6. The van der Waals surface area contributed by atoms with Gasteiger partial charge in [-0.2, -0.15) is 0 Å². The minimum atomic E-state index is 0.125. The molecule has 6 heteroatoms. The van der Waals surface area contributed by atoms with E-state index in [9.17, 15) is 0 Å². The number of anilines is 2. The first-order chi connectivity index (χ1) is 14.3. The number of rotatable bonds is 4. The molecule has 2 saturated carbocycles. The second kappa shape index (κ2) is 8.16. The van der Waals surface area contributed by atoms with Crippen molar-refractivity contribution in [3.05, 3.63) is 60.7 Å². The van der Waals surface area contributed by atoms with Gasteiger partial charge in [0, 0.05) is 11.4 Å². The van der Waals surface area contributed by atoms with Crippen molar-refractivity contribution in [3.8, 4) is 0 Å². The lowest BCUT2D eigenvalue weighted by Gasteiger charge is -2.41. The van der Waals surface area contributed by atoms with Gasteiger partial charge in [0.15, 0.2) is 10.2 Å². The lowest BCUT2D eigenvalue weighted by atomic mass is 9.69. The van der Waals surface area contributed by atoms with Crippen molar-refractivity contribution in [1.82, 2.24) is 10.6 Å². The monoisotopic (exact) mass is 438 g/mol. The number of hydrogen-bond acceptors (Lipinski definition) is 2. The predicted molar refractivity (Wildman–Crippen MR) is 134 cm³/mol. The molecule has 4 nitrogen and oxygen atoms in total. The Balaban J connectivity index is 1.50. The van der Waals surface area contributed by atoms with E-state index in [1.165, 1.54) is 12.8 Å². The zero-order valence-electron chi connectivity index (χ0n) is 17.7. The molecule has 0 radical (unpaired) electrons. The quantitative estimate of drug-likeness (QED) is 0.495. The lowest BCUT2D eigenvalue weighted by Crippen LogP contribution is -2.58. The first-order valence-corrected chi connectivity index (χ1v) is 11.4. The maximum Gasteiger partial charge on any atom is 0.171 e. The van der Waals surface area contributed by atoms with E-state index in [0.717, 1.165) is 11.4 Å². The molecular formula is C24H30N4S2. The molecule has 0 aromatic heterocycles. The van der Waals surface area contributed by atoms with Crippen LogP contribution in [0.15, 0.2) is 60.7 Å². The van der Waals surface area contributed by atoms with Gasteiger partial charge in [0.05, 0.1) is 12.1 Å². The summed E-state index contributed by atoms with van der Waals surface area (Å²) in [5, 5.41) is 15.2. The molecule has 158 valence electrons. The fraction of sp³-hybridized carbons (Fsp3) is 0.417. The third-order valence-corrected chi connectivity index (χ3v) is 7.94. The molecule has 0 amide bonds. The zero-order chi connectivity index (χ0) is 21.4. The van der Waals surface area contributed by atoms with Crippen molar-refractivity contribution in [3.63, 3.8) is 0 Å². The molecule has 0 spiro atoms. The fourth-order valence-electron chi connectivity index (χ4n) is 5.48. The Morgan fingerprint density at radius 1 is 0.800 bits per heavy atom. The highest BCUT2D eigenvalue weighted by atomic mass is 32.1. The molecule has 2 aliphatic rings. The molecule has 0 aliphatic heterocycles. The van der Waals surface area contributed by atoms with Crippen LogP contribution in [-0.4, -0.2) is 22.3 Å². The van der Waals surface area contributed by atoms with Crippen molar-refractivity contribution in [2.75, 3.05) is 10.6 Å². The van der Waals surface area contributed by atoms with Gasteiger partial charge in [0.2, 0.25) is 0 Å². The van der Waals surface area contributed by atoms with Gasteiger partial charge in [-0.05, 0) is 78.3 Å². The summed E-state index contributed by atoms with van der Waals surface area (Å²) in [7, 11) is 0. The van der Waals surface area contributed by atoms with Gasteiger partial charge in [0.25, 0.3) is 0 Å². The van der Waals surface area contributed by atoms with Gasteiger partial charge in [-0.15, -0.1) is 0 Å². The summed E-state index contributed by atoms with van der Waals surface area (Å²) in [6.07, 6.45) is 2.39. The van der Waals surface area contributed by atoms with Crippen LogP contribution in [0.5, 0.6) is 0 Å². The van der Waals surface area contributed by atoms with Gasteiger partial charge < -0.3 is 21.3 Å². The summed E-state index contributed by atoms with van der Waals surface area (Å²) in [5.74, 6) is 0.523. The number of fused-ring (bicyclic) bond motifs is 2. The highest BCUT2D eigenvalue weighted by Gasteiger charge is 2.66. The summed E-state index contributed by atoms with van der Waals surface area (Å²) in [6, 6.07) is 20.5. The Hall–Kier alpha value is -2.18. The predicted octanol–water partition coefficient (Wildman–Crippen LogP) is 5.15. The van der Waals surface area contributed by atoms with E-state index >= 15 is 0 Å². The van der Waals surface area contributed by atoms with Gasteiger partial charge in [-0.1, -0.05) is 57.2 Å². The standard InChI is InChI=1S/C24H30N4S2/c1-23(2)18-14-15-24(23,3)20(28-22(30)26-17-12-8-5-9-13-17)19(18)27-21(29)25-16-10-6-4-7-11-16/h4-13,18-20H,14-15H2,1-3H3,(H2,25,27,29)(H2,26,28,30). The summed E-state index contributed by atoms with van der Waals surface area (Å²) < 4.78 is 0. The topological polar surface area (TPSA) is 48.1 Å². The molecular weight excluding hydrogens is 408 g/mol. The first-order valence-electron chi connectivity index (χ1n) is 10.6. The van der Waals surface area contributed by atoms with Crippen molar-refractivity contribution in [2.24, 2.45) is 16.7 Å². The number of para-hydroxylation sites is 2. The van der Waals surface area contributed by atoms with E-state index in [1.54, 1.807) is 0 Å². The summed E-state index contributed by atoms with van der Waals surface area (Å²) >= 11 is 11.4. The molecule has 0 heterocycles. The smallest absolute Gasteiger partial charge is 0.171 e. The van der Waals surface area contributed by atoms with Crippen LogP contribution >= 0.6 is 24.4 Å². The molecule has 2 bridgehead atoms. The van der Waals surface area contributed by atoms with E-state index in [4.69, 9.17) is 24.4 Å². The Labute approximate surface area is 190 Å². The van der Waals surface area contributed by atoms with Crippen LogP contribution in [0, 0.1) is 16.7 Å². The number of benzene rings is 2. The maximum absolute atomic E-state index is 5.69. The molecule has 4 unspecified atom stereocenters. The van der Waals surface area contributed by atoms with E-state index in [2.05, 4.69) is 42.0 Å². The Bertz CT molecular complexity index is 915. The minimum Gasteiger partial charge on any atom is -0.357 e. The second-order valence-corrected chi connectivity index (χ2v) is 10.0. The van der Waals surface area contributed by atoms with E-state index in [1.807, 2.05) is 60.7 Å². The van der Waals surface area contributed by atoms with Crippen LogP contribution in [0.4, 0.5) is 11.4 Å². The SMILES string of the molecule is CC1(C)C2CCC1(C)C(NC(=S)Nc1ccccc1)C2NC(=S)Nc1ccccc1. The number of nitrogens with one attached hydrogen (secondary N) is 4. The average molecular weight is 439 g/mol. The molecule has 0 saturated heterocycles. The van der Waals surface area contributed by atoms with Crippen molar-refractivity contribution in [1.29, 1.82) is 0 Å². The molecule has 4 rings (SSSR count). The van der Waals surface area contributed by atoms with Crippen LogP contribution in [-0.2, 0) is 0 Å². The zero-order valence-corrected chi connectivity index (χ0v) is 19.4. The van der Waals surface area contributed by atoms with E-state index in [0.29, 0.717) is 16.1 Å². The Morgan fingerprint density at radius 3 is 1.83 bits per heavy atom. The number of thiocarbonyl (C=S) groups is 2. The van der Waals surface area contributed by atoms with Gasteiger partial charge >= 0.3 is 0 Å². The first kappa shape index (κ1) is 21.1. The average Bonchev–Trinajstić information content (AvgIpc) is 3.03. The van der Waals surface area contributed by atoms with E-state index in [-0.39, 0.29) is 22.9 Å². The maximum atomic E-state index is 5.69. The minimum absolute atomic E-state index is 0.125. The van der Waals surface area contributed by atoms with Gasteiger partial charge in [0.1, 0.15) is 0 Å². The Morgan fingerprint density at radius 2 is 1.30 bits per heavy atom. The molecule has 2 aliphatic carbocycles. The highest BCUT2D eigenvalue weighted by Crippen LogP contribution is 2.65. The fourth-order valence-corrected chi connectivity index (χ4v) is 5.98. The second-order valence-electron chi connectivity index (χ2n) is 9.22. The van der Waals surface area contributed by atoms with E-state index < -0.39 is 0 Å². The number of hydrogen-bond donors (Lipinski definition) is 4. The molecule has 30 heavy (non-hydrogen) atoms. The third kappa shape index (κ3) is 3.79. The molecule has 2 aromatic rings. The van der Waals surface area contributed by atoms with Crippen molar-refractivity contribution >= 4 is 46.0 Å². The lowest BCUT2D eigenvalue weighted by molar-refractivity contribution is 0.129. The van der Waals surface area contributed by atoms with Crippen molar-refractivity contribution < 1.29 is 0 Å². The highest BCUT2D eigenvalue weighted by molar-refractivity contribution is 7.80. The van der Waals surface area contributed by atoms with Crippen LogP contribution < -0.4 is 21.3 Å². The van der Waals surface area contributed by atoms with Gasteiger partial charge in [-0.3, -0.25) is 0 Å². The van der Waals surface area contributed by atoms with Crippen LogP contribution in [0.2, 0.25) is 0 Å². The van der Waals surface area contributed by atoms with Crippen LogP contribution in [0.1, 0.15) is 33.6 Å². The van der Waals surface area contributed by atoms with Crippen LogP contribution in [0.25, 0.3) is 0 Å². The summed E-state index contributed by atoms with van der Waals surface area (Å²) in [6.45, 7) is 7.18.